The number of hydrogen-bond acceptors (Lipinski definition) is 7. The second-order valence-corrected chi connectivity index (χ2v) is 28.1. The first-order chi connectivity index (χ1) is 52.8. The van der Waals surface area contributed by atoms with Crippen LogP contribution in [-0.4, -0.2) is 58.0 Å². The minimum absolute atomic E-state index is 0. The molecule has 0 aliphatic heterocycles. The zero-order chi connectivity index (χ0) is 76.3. The van der Waals surface area contributed by atoms with Gasteiger partial charge in [0.15, 0.2) is 0 Å². The minimum atomic E-state index is -0.649. The summed E-state index contributed by atoms with van der Waals surface area (Å²) >= 11 is 0. The van der Waals surface area contributed by atoms with Crippen LogP contribution in [0.3, 0.4) is 0 Å². The van der Waals surface area contributed by atoms with E-state index in [-0.39, 0.29) is 112 Å². The average molecular weight is 2390 g/mol. The Bertz CT molecular complexity index is 6120. The Kier molecular flexibility index (Phi) is 32.5. The molecular formula is C95H84F2Ir5N12-6. The van der Waals surface area contributed by atoms with E-state index in [0.717, 1.165) is 111 Å². The largest absolute Gasteiger partial charge is 0.384 e. The molecule has 10 aromatic carbocycles. The Hall–Kier alpha value is -9.56. The molecule has 589 valence electrons. The van der Waals surface area contributed by atoms with Crippen LogP contribution < -0.4 is 0 Å². The fourth-order valence-electron chi connectivity index (χ4n) is 13.8. The summed E-state index contributed by atoms with van der Waals surface area (Å²) in [4.78, 5) is 29.7. The third kappa shape index (κ3) is 20.6. The molecule has 0 bridgehead atoms. The van der Waals surface area contributed by atoms with Crippen LogP contribution in [0.2, 0.25) is 0 Å². The zero-order valence-corrected chi connectivity index (χ0v) is 77.1. The zero-order valence-electron chi connectivity index (χ0n) is 65.1. The van der Waals surface area contributed by atoms with Crippen LogP contribution in [0.5, 0.6) is 0 Å². The maximum atomic E-state index is 13.2. The first-order valence-electron chi connectivity index (χ1n) is 36.5. The summed E-state index contributed by atoms with van der Waals surface area (Å²) < 4.78 is 34.3. The summed E-state index contributed by atoms with van der Waals surface area (Å²) in [5.41, 5.74) is 21.8. The standard InChI is InChI=1S/C28H27N2.C23H17N2.C12H14N3.C12H13N2.C11H6F2N.C9H7N2.5Ir/c1-18-9-8-10-19(2)26(18)25-17-29-27-22-12-7-6-11-21(22)23-15-20(16-28(3,4)5)13-14-24(23)30(25)27;1-15-8-7-9-16(2)22(15)21-14-24-23-19-12-4-3-10-17(19)18-11-5-6-13-20(18)25(21)23;1-3-7-11-13-12(15(2)14-11)10-8-5-4-6-9-10;1-9-10(2)14(3)12(13-9)11-7-5-4-6-8-11;12-8-4-5-9(10(13)7-8)11-3-1-2-6-14-11;1-2-4-8(5-3-1)9-10-6-7-11-9;;;;;/h6-11,13-15,17H,16H2,1-5H3;3-11,13-14H,1-2H3;4-6,8H,3,7H2,1-2H3;4-7H,1-3H3;1-4,6-7H;1-4,6-7H,(H,10,11);;;;;/q6*-1;;;;;. The molecule has 0 aliphatic carbocycles. The molecule has 0 saturated carbocycles. The van der Waals surface area contributed by atoms with Crippen molar-refractivity contribution < 1.29 is 109 Å². The van der Waals surface area contributed by atoms with Crippen LogP contribution in [0.15, 0.2) is 249 Å². The van der Waals surface area contributed by atoms with Gasteiger partial charge in [0, 0.05) is 197 Å². The molecule has 0 aliphatic rings. The maximum absolute atomic E-state index is 13.2. The van der Waals surface area contributed by atoms with E-state index in [0.29, 0.717) is 5.69 Å². The number of nitrogens with zero attached hydrogens (tertiary/aromatic N) is 11. The van der Waals surface area contributed by atoms with E-state index in [9.17, 15) is 8.78 Å². The van der Waals surface area contributed by atoms with Crippen LogP contribution in [0, 0.1) is 95.0 Å². The maximum Gasteiger partial charge on any atom is 0.140 e. The van der Waals surface area contributed by atoms with Gasteiger partial charge < -0.3 is 23.3 Å². The van der Waals surface area contributed by atoms with Gasteiger partial charge in [-0.15, -0.1) is 179 Å². The summed E-state index contributed by atoms with van der Waals surface area (Å²) in [7, 11) is 3.95. The van der Waals surface area contributed by atoms with Gasteiger partial charge in [0.1, 0.15) is 5.82 Å². The molecule has 0 unspecified atom stereocenters. The number of fused-ring (bicyclic) bond motifs is 12. The fourth-order valence-corrected chi connectivity index (χ4v) is 13.8. The number of aromatic amines is 1. The summed E-state index contributed by atoms with van der Waals surface area (Å²) in [5.74, 6) is 2.36. The van der Waals surface area contributed by atoms with Crippen LogP contribution in [0.4, 0.5) is 8.78 Å². The molecule has 0 saturated heterocycles. The number of hydrogen-bond donors (Lipinski definition) is 1. The molecule has 8 heterocycles. The van der Waals surface area contributed by atoms with Crippen molar-refractivity contribution in [3.63, 3.8) is 0 Å². The molecule has 0 fully saturated rings. The first-order valence-corrected chi connectivity index (χ1v) is 36.5. The van der Waals surface area contributed by atoms with Gasteiger partial charge >= 0.3 is 0 Å². The van der Waals surface area contributed by atoms with Gasteiger partial charge in [0.25, 0.3) is 0 Å². The van der Waals surface area contributed by atoms with E-state index >= 15 is 0 Å². The molecule has 1 N–H and O–H groups in total. The number of aromatic nitrogens is 12. The number of benzene rings is 10. The van der Waals surface area contributed by atoms with Gasteiger partial charge in [0.2, 0.25) is 0 Å². The number of H-pyrrole nitrogens is 1. The van der Waals surface area contributed by atoms with Crippen molar-refractivity contribution in [3.05, 3.63) is 342 Å². The number of rotatable bonds is 9. The molecule has 0 atom stereocenters. The Labute approximate surface area is 733 Å². The van der Waals surface area contributed by atoms with Gasteiger partial charge in [0.05, 0.1) is 40.2 Å². The molecule has 19 heteroatoms. The average Bonchev–Trinajstić information content (AvgIpc) is 1.59. The predicted molar refractivity (Wildman–Crippen MR) is 439 cm³/mol. The molecule has 18 rings (SSSR count). The second-order valence-electron chi connectivity index (χ2n) is 28.1. The van der Waals surface area contributed by atoms with Crippen LogP contribution in [-0.2, 0) is 127 Å². The molecule has 5 radical (unpaired) electrons. The SMILES string of the molecule is CCCc1nc(-c2[c-]cccc2)n(C)n1.Cc1cccc(C)c1-c1cnc2c3[c-]cccc3c3cc(CC(C)(C)C)ccc3n12.Cc1cccc(C)c1-c1cnc2c3[c-]cccc3c3ccccc3n12.Cc1nc(-c2[c-]cccc2)n(C)c1C.Fc1c[c-]c(-c2ccccn2)c(F)c1.[Ir].[Ir].[Ir].[Ir].[Ir].[c-]1ccccc1-c1ncc[nH]1. The Morgan fingerprint density at radius 3 is 1.49 bits per heavy atom. The topological polar surface area (TPSA) is 125 Å². The second kappa shape index (κ2) is 41.1. The van der Waals surface area contributed by atoms with Gasteiger partial charge in [-0.3, -0.25) is 38.4 Å². The molecule has 12 nitrogen and oxygen atoms in total. The number of pyridine rings is 3. The molecule has 0 spiro atoms. The van der Waals surface area contributed by atoms with E-state index in [1.165, 1.54) is 77.2 Å². The fraction of sp³-hybridized carbons (Fsp3) is 0.168. The van der Waals surface area contributed by atoms with Gasteiger partial charge in [-0.2, -0.15) is 5.10 Å². The number of halogens is 2. The van der Waals surface area contributed by atoms with Crippen molar-refractivity contribution in [1.82, 2.24) is 58.0 Å². The monoisotopic (exact) mass is 2400 g/mol. The predicted octanol–water partition coefficient (Wildman–Crippen LogP) is 22.5. The molecule has 8 aromatic heterocycles. The molecule has 114 heavy (non-hydrogen) atoms. The van der Waals surface area contributed by atoms with E-state index in [1.807, 2.05) is 129 Å². The van der Waals surface area contributed by atoms with Crippen LogP contribution in [0.25, 0.3) is 123 Å². The van der Waals surface area contributed by atoms with Gasteiger partial charge in [-0.1, -0.05) is 129 Å². The van der Waals surface area contributed by atoms with Crippen molar-refractivity contribution in [2.45, 2.75) is 88.5 Å². The van der Waals surface area contributed by atoms with Crippen molar-refractivity contribution in [2.24, 2.45) is 19.5 Å². The Morgan fingerprint density at radius 1 is 0.474 bits per heavy atom. The molecule has 18 aromatic rings. The van der Waals surface area contributed by atoms with Crippen molar-refractivity contribution >= 4 is 54.6 Å². The van der Waals surface area contributed by atoms with Gasteiger partial charge in [-0.25, -0.2) is 0 Å². The number of imidazole rings is 4. The number of para-hydroxylation sites is 1. The minimum Gasteiger partial charge on any atom is -0.384 e. The van der Waals surface area contributed by atoms with Crippen molar-refractivity contribution in [1.29, 1.82) is 0 Å². The van der Waals surface area contributed by atoms with E-state index in [2.05, 4.69) is 239 Å². The van der Waals surface area contributed by atoms with Crippen LogP contribution >= 0.6 is 0 Å². The molecular weight excluding hydrogens is 2310 g/mol. The smallest absolute Gasteiger partial charge is 0.140 e. The summed E-state index contributed by atoms with van der Waals surface area (Å²) in [6.07, 6.45) is 12.2. The summed E-state index contributed by atoms with van der Waals surface area (Å²) in [6, 6.07) is 90.1. The van der Waals surface area contributed by atoms with E-state index < -0.39 is 11.6 Å². The Balaban J connectivity index is 0.000000176. The summed E-state index contributed by atoms with van der Waals surface area (Å²) in [5, 5.41) is 11.4. The first kappa shape index (κ1) is 90.0. The van der Waals surface area contributed by atoms with Crippen LogP contribution in [0.1, 0.15) is 79.1 Å². The molecule has 0 amide bonds. The third-order valence-corrected chi connectivity index (χ3v) is 19.0. The van der Waals surface area contributed by atoms with E-state index in [1.54, 1.807) is 36.8 Å². The normalized spacial score (nSPS) is 10.6. The third-order valence-electron chi connectivity index (χ3n) is 19.0. The number of nitrogens with one attached hydrogen (secondary N) is 1. The quantitative estimate of drug-likeness (QED) is 0.113. The summed E-state index contributed by atoms with van der Waals surface area (Å²) in [6.45, 7) is 21.8. The van der Waals surface area contributed by atoms with Crippen molar-refractivity contribution in [3.8, 4) is 67.9 Å². The van der Waals surface area contributed by atoms with E-state index in [4.69, 9.17) is 9.97 Å². The number of aryl methyl sites for hydroxylation is 7. The van der Waals surface area contributed by atoms with Crippen molar-refractivity contribution in [2.75, 3.05) is 0 Å². The van der Waals surface area contributed by atoms with Gasteiger partial charge in [-0.05, 0) is 122 Å². The Morgan fingerprint density at radius 2 is 0.991 bits per heavy atom.